The van der Waals surface area contributed by atoms with Crippen LogP contribution in [0.1, 0.15) is 0 Å². The third-order valence-corrected chi connectivity index (χ3v) is 1.77. The second kappa shape index (κ2) is 2.41. The smallest absolute Gasteiger partial charge is 0.153 e. The first-order valence-electron chi connectivity index (χ1n) is 3.69. The van der Waals surface area contributed by atoms with E-state index in [4.69, 9.17) is 5.73 Å². The van der Waals surface area contributed by atoms with Gasteiger partial charge in [0, 0.05) is 36.8 Å². The molecule has 0 aromatic carbocycles. The molecule has 0 bridgehead atoms. The molecule has 2 rings (SSSR count). The van der Waals surface area contributed by atoms with E-state index in [2.05, 4.69) is 10.1 Å². The first-order valence-corrected chi connectivity index (χ1v) is 3.69. The standard InChI is InChI=1S/C8H10N4/c1-12-5-7(8(9)11-12)6-2-3-10-4-6/h2-5,10H,1H3,(H2,9,11). The van der Waals surface area contributed by atoms with Gasteiger partial charge in [0.05, 0.1) is 0 Å². The number of H-pyrrole nitrogens is 1. The summed E-state index contributed by atoms with van der Waals surface area (Å²) >= 11 is 0. The lowest BCUT2D eigenvalue weighted by Crippen LogP contribution is -1.90. The molecule has 0 spiro atoms. The highest BCUT2D eigenvalue weighted by molar-refractivity contribution is 5.72. The van der Waals surface area contributed by atoms with E-state index < -0.39 is 0 Å². The van der Waals surface area contributed by atoms with Crippen molar-refractivity contribution in [3.63, 3.8) is 0 Å². The van der Waals surface area contributed by atoms with Crippen molar-refractivity contribution < 1.29 is 0 Å². The van der Waals surface area contributed by atoms with Crippen molar-refractivity contribution in [2.75, 3.05) is 5.73 Å². The molecule has 12 heavy (non-hydrogen) atoms. The Morgan fingerprint density at radius 3 is 2.92 bits per heavy atom. The maximum atomic E-state index is 5.69. The van der Waals surface area contributed by atoms with E-state index in [-0.39, 0.29) is 0 Å². The zero-order valence-electron chi connectivity index (χ0n) is 6.78. The van der Waals surface area contributed by atoms with Gasteiger partial charge in [0.1, 0.15) is 0 Å². The van der Waals surface area contributed by atoms with E-state index in [1.54, 1.807) is 4.68 Å². The molecular weight excluding hydrogens is 152 g/mol. The quantitative estimate of drug-likeness (QED) is 0.657. The van der Waals surface area contributed by atoms with Gasteiger partial charge in [-0.3, -0.25) is 4.68 Å². The van der Waals surface area contributed by atoms with Crippen molar-refractivity contribution in [3.05, 3.63) is 24.7 Å². The fourth-order valence-corrected chi connectivity index (χ4v) is 1.22. The van der Waals surface area contributed by atoms with Crippen LogP contribution >= 0.6 is 0 Å². The average Bonchev–Trinajstić information content (AvgIpc) is 2.58. The highest BCUT2D eigenvalue weighted by Crippen LogP contribution is 2.23. The highest BCUT2D eigenvalue weighted by Gasteiger charge is 2.05. The molecule has 2 aromatic heterocycles. The Morgan fingerprint density at radius 2 is 2.42 bits per heavy atom. The van der Waals surface area contributed by atoms with Crippen molar-refractivity contribution >= 4 is 5.82 Å². The normalized spacial score (nSPS) is 10.4. The monoisotopic (exact) mass is 162 g/mol. The number of aryl methyl sites for hydroxylation is 1. The molecule has 0 atom stereocenters. The Bertz CT molecular complexity index is 372. The van der Waals surface area contributed by atoms with Gasteiger partial charge in [-0.25, -0.2) is 0 Å². The molecule has 0 aliphatic carbocycles. The molecule has 0 amide bonds. The minimum Gasteiger partial charge on any atom is -0.382 e. The molecule has 0 unspecified atom stereocenters. The number of nitrogens with two attached hydrogens (primary N) is 1. The summed E-state index contributed by atoms with van der Waals surface area (Å²) in [6.07, 6.45) is 5.66. The molecule has 0 aliphatic rings. The first-order chi connectivity index (χ1) is 5.77. The van der Waals surface area contributed by atoms with Gasteiger partial charge in [0.15, 0.2) is 5.82 Å². The summed E-state index contributed by atoms with van der Waals surface area (Å²) in [7, 11) is 1.85. The zero-order chi connectivity index (χ0) is 8.55. The van der Waals surface area contributed by atoms with Gasteiger partial charge < -0.3 is 10.7 Å². The highest BCUT2D eigenvalue weighted by atomic mass is 15.3. The number of nitrogens with zero attached hydrogens (tertiary/aromatic N) is 2. The number of hydrogen-bond donors (Lipinski definition) is 2. The van der Waals surface area contributed by atoms with Crippen molar-refractivity contribution in [1.82, 2.24) is 14.8 Å². The van der Waals surface area contributed by atoms with Gasteiger partial charge in [-0.1, -0.05) is 0 Å². The maximum Gasteiger partial charge on any atom is 0.153 e. The van der Waals surface area contributed by atoms with Crippen LogP contribution in [0, 0.1) is 0 Å². The van der Waals surface area contributed by atoms with Crippen LogP contribution in [0.15, 0.2) is 24.7 Å². The fraction of sp³-hybridized carbons (Fsp3) is 0.125. The topological polar surface area (TPSA) is 59.6 Å². The summed E-state index contributed by atoms with van der Waals surface area (Å²) in [5, 5.41) is 4.05. The van der Waals surface area contributed by atoms with Crippen LogP contribution in [0.2, 0.25) is 0 Å². The molecule has 3 N–H and O–H groups in total. The molecular formula is C8H10N4. The van der Waals surface area contributed by atoms with Crippen molar-refractivity contribution in [3.8, 4) is 11.1 Å². The predicted octanol–water partition coefficient (Wildman–Crippen LogP) is 0.997. The van der Waals surface area contributed by atoms with E-state index in [1.165, 1.54) is 0 Å². The summed E-state index contributed by atoms with van der Waals surface area (Å²) in [5.41, 5.74) is 7.73. The lowest BCUT2D eigenvalue weighted by molar-refractivity contribution is 0.772. The predicted molar refractivity (Wildman–Crippen MR) is 47.4 cm³/mol. The summed E-state index contributed by atoms with van der Waals surface area (Å²) in [4.78, 5) is 2.97. The lowest BCUT2D eigenvalue weighted by atomic mass is 10.2. The summed E-state index contributed by atoms with van der Waals surface area (Å²) in [6, 6.07) is 1.97. The van der Waals surface area contributed by atoms with Crippen molar-refractivity contribution in [1.29, 1.82) is 0 Å². The molecule has 4 heteroatoms. The Hall–Kier alpha value is -1.71. The van der Waals surface area contributed by atoms with E-state index in [1.807, 2.05) is 31.7 Å². The van der Waals surface area contributed by atoms with Crippen LogP contribution in [-0.2, 0) is 7.05 Å². The largest absolute Gasteiger partial charge is 0.382 e. The van der Waals surface area contributed by atoms with Gasteiger partial charge in [-0.05, 0) is 6.07 Å². The number of nitrogens with one attached hydrogen (secondary N) is 1. The van der Waals surface area contributed by atoms with Crippen LogP contribution < -0.4 is 5.73 Å². The molecule has 4 nitrogen and oxygen atoms in total. The van der Waals surface area contributed by atoms with Crippen LogP contribution in [0.4, 0.5) is 5.82 Å². The van der Waals surface area contributed by atoms with Crippen molar-refractivity contribution in [2.45, 2.75) is 0 Å². The first kappa shape index (κ1) is 6.97. The maximum absolute atomic E-state index is 5.69. The number of anilines is 1. The number of rotatable bonds is 1. The van der Waals surface area contributed by atoms with E-state index >= 15 is 0 Å². The molecule has 0 radical (unpaired) electrons. The Balaban J connectivity index is 2.54. The summed E-state index contributed by atoms with van der Waals surface area (Å²) in [5.74, 6) is 0.567. The lowest BCUT2D eigenvalue weighted by Gasteiger charge is -1.90. The van der Waals surface area contributed by atoms with Gasteiger partial charge in [0.25, 0.3) is 0 Å². The van der Waals surface area contributed by atoms with Crippen LogP contribution in [-0.4, -0.2) is 14.8 Å². The molecule has 2 aromatic rings. The van der Waals surface area contributed by atoms with Crippen LogP contribution in [0.3, 0.4) is 0 Å². The zero-order valence-corrected chi connectivity index (χ0v) is 6.78. The second-order valence-electron chi connectivity index (χ2n) is 2.70. The van der Waals surface area contributed by atoms with Gasteiger partial charge in [-0.2, -0.15) is 5.10 Å². The Kier molecular flexibility index (Phi) is 1.40. The molecule has 2 heterocycles. The fourth-order valence-electron chi connectivity index (χ4n) is 1.22. The Labute approximate surface area is 70.0 Å². The minimum absolute atomic E-state index is 0.567. The SMILES string of the molecule is Cn1cc(-c2cc[nH]c2)c(N)n1. The van der Waals surface area contributed by atoms with Crippen LogP contribution in [0.5, 0.6) is 0 Å². The molecule has 0 aliphatic heterocycles. The van der Waals surface area contributed by atoms with Crippen molar-refractivity contribution in [2.24, 2.45) is 7.05 Å². The van der Waals surface area contributed by atoms with Gasteiger partial charge in [0.2, 0.25) is 0 Å². The third-order valence-electron chi connectivity index (χ3n) is 1.77. The molecule has 0 fully saturated rings. The number of nitrogen functional groups attached to an aromatic ring is 1. The molecule has 62 valence electrons. The average molecular weight is 162 g/mol. The minimum atomic E-state index is 0.567. The van der Waals surface area contributed by atoms with E-state index in [0.29, 0.717) is 5.82 Å². The summed E-state index contributed by atoms with van der Waals surface area (Å²) in [6.45, 7) is 0. The second-order valence-corrected chi connectivity index (χ2v) is 2.70. The number of aromatic nitrogens is 3. The third kappa shape index (κ3) is 0.972. The van der Waals surface area contributed by atoms with Gasteiger partial charge in [-0.15, -0.1) is 0 Å². The van der Waals surface area contributed by atoms with E-state index in [9.17, 15) is 0 Å². The molecule has 0 saturated carbocycles. The van der Waals surface area contributed by atoms with Crippen LogP contribution in [0.25, 0.3) is 11.1 Å². The molecule has 0 saturated heterocycles. The number of hydrogen-bond acceptors (Lipinski definition) is 2. The number of aromatic amines is 1. The van der Waals surface area contributed by atoms with E-state index in [0.717, 1.165) is 11.1 Å². The summed E-state index contributed by atoms with van der Waals surface area (Å²) < 4.78 is 1.71. The Morgan fingerprint density at radius 1 is 1.58 bits per heavy atom. The van der Waals surface area contributed by atoms with Gasteiger partial charge >= 0.3 is 0 Å².